The van der Waals surface area contributed by atoms with Crippen LogP contribution in [0.3, 0.4) is 0 Å². The molecule has 0 saturated heterocycles. The highest BCUT2D eigenvalue weighted by molar-refractivity contribution is 5.93. The van der Waals surface area contributed by atoms with Crippen molar-refractivity contribution >= 4 is 5.91 Å². The van der Waals surface area contributed by atoms with E-state index in [1.54, 1.807) is 31.3 Å². The Hall–Kier alpha value is -1.76. The van der Waals surface area contributed by atoms with Gasteiger partial charge in [0.25, 0.3) is 5.91 Å². The minimum Gasteiger partial charge on any atom is -0.331 e. The molecule has 1 heterocycles. The first-order chi connectivity index (χ1) is 6.24. The fourth-order valence-corrected chi connectivity index (χ4v) is 0.912. The van der Waals surface area contributed by atoms with Gasteiger partial charge in [-0.15, -0.1) is 0 Å². The minimum atomic E-state index is -0.177. The predicted octanol–water partition coefficient (Wildman–Crippen LogP) is 0.391. The largest absolute Gasteiger partial charge is 0.331 e. The highest BCUT2D eigenvalue weighted by Crippen LogP contribution is 1.98. The Morgan fingerprint density at radius 2 is 2.54 bits per heavy atom. The van der Waals surface area contributed by atoms with Crippen LogP contribution in [-0.2, 0) is 11.3 Å². The predicted molar refractivity (Wildman–Crippen MR) is 48.5 cm³/mol. The highest BCUT2D eigenvalue weighted by Gasteiger charge is 2.05. The van der Waals surface area contributed by atoms with E-state index in [0.717, 1.165) is 5.56 Å². The Morgan fingerprint density at radius 1 is 1.77 bits per heavy atom. The van der Waals surface area contributed by atoms with E-state index < -0.39 is 0 Å². The number of hydrogen-bond acceptors (Lipinski definition) is 2. The summed E-state index contributed by atoms with van der Waals surface area (Å²) in [6, 6.07) is 0. The molecule has 0 aromatic carbocycles. The molecule has 1 aromatic heterocycles. The van der Waals surface area contributed by atoms with E-state index in [1.165, 1.54) is 0 Å². The average Bonchev–Trinajstić information content (AvgIpc) is 2.57. The summed E-state index contributed by atoms with van der Waals surface area (Å²) in [6.07, 6.45) is 3.44. The van der Waals surface area contributed by atoms with Crippen molar-refractivity contribution in [3.05, 3.63) is 18.0 Å². The topological polar surface area (TPSA) is 49.0 Å². The number of carbonyl (C=O) groups excluding carboxylic acids is 1. The number of rotatable bonds is 2. The zero-order valence-corrected chi connectivity index (χ0v) is 7.66. The Labute approximate surface area is 76.9 Å². The van der Waals surface area contributed by atoms with Crippen LogP contribution in [-0.4, -0.2) is 28.1 Å². The molecule has 0 fully saturated rings. The number of H-pyrrole nitrogens is 1. The van der Waals surface area contributed by atoms with Crippen molar-refractivity contribution in [1.82, 2.24) is 15.1 Å². The smallest absolute Gasteiger partial charge is 0.298 e. The number of amides is 1. The standard InChI is InChI=1S/C9H11N3O/c1-3-4-9(13)12(2)7-8-5-10-11-6-8/h5-6H,7H2,1-2H3,(H,10,11). The van der Waals surface area contributed by atoms with Gasteiger partial charge in [0, 0.05) is 25.4 Å². The second-order valence-electron chi connectivity index (χ2n) is 2.64. The first-order valence-corrected chi connectivity index (χ1v) is 3.89. The van der Waals surface area contributed by atoms with Gasteiger partial charge in [0.2, 0.25) is 0 Å². The Morgan fingerprint density at radius 3 is 3.08 bits per heavy atom. The zero-order valence-electron chi connectivity index (χ0n) is 7.66. The van der Waals surface area contributed by atoms with E-state index >= 15 is 0 Å². The van der Waals surface area contributed by atoms with Gasteiger partial charge in [0.15, 0.2) is 0 Å². The van der Waals surface area contributed by atoms with Gasteiger partial charge < -0.3 is 4.90 Å². The summed E-state index contributed by atoms with van der Waals surface area (Å²) in [5.41, 5.74) is 0.966. The summed E-state index contributed by atoms with van der Waals surface area (Å²) in [4.78, 5) is 12.7. The van der Waals surface area contributed by atoms with Crippen LogP contribution in [0.1, 0.15) is 12.5 Å². The van der Waals surface area contributed by atoms with Gasteiger partial charge in [0.1, 0.15) is 0 Å². The van der Waals surface area contributed by atoms with Crippen molar-refractivity contribution in [1.29, 1.82) is 0 Å². The molecular formula is C9H11N3O. The molecule has 0 aliphatic heterocycles. The molecule has 0 aliphatic rings. The van der Waals surface area contributed by atoms with E-state index in [4.69, 9.17) is 0 Å². The molecule has 68 valence electrons. The maximum Gasteiger partial charge on any atom is 0.298 e. The molecule has 0 unspecified atom stereocenters. The second-order valence-corrected chi connectivity index (χ2v) is 2.64. The van der Waals surface area contributed by atoms with Gasteiger partial charge in [-0.2, -0.15) is 5.10 Å². The van der Waals surface area contributed by atoms with Crippen molar-refractivity contribution in [3.63, 3.8) is 0 Å². The maximum absolute atomic E-state index is 11.2. The highest BCUT2D eigenvalue weighted by atomic mass is 16.2. The molecule has 4 heteroatoms. The van der Waals surface area contributed by atoms with Crippen LogP contribution >= 0.6 is 0 Å². The lowest BCUT2D eigenvalue weighted by molar-refractivity contribution is -0.124. The summed E-state index contributed by atoms with van der Waals surface area (Å²) in [5, 5.41) is 6.46. The van der Waals surface area contributed by atoms with E-state index in [-0.39, 0.29) is 5.91 Å². The molecule has 1 amide bonds. The molecule has 13 heavy (non-hydrogen) atoms. The zero-order chi connectivity index (χ0) is 9.68. The van der Waals surface area contributed by atoms with Crippen LogP contribution in [0, 0.1) is 11.8 Å². The second kappa shape index (κ2) is 4.31. The number of aromatic nitrogens is 2. The lowest BCUT2D eigenvalue weighted by Crippen LogP contribution is -2.24. The molecule has 1 N–H and O–H groups in total. The molecule has 1 rings (SSSR count). The fraction of sp³-hybridized carbons (Fsp3) is 0.333. The number of nitrogens with zero attached hydrogens (tertiary/aromatic N) is 2. The Bertz CT molecular complexity index is 331. The van der Waals surface area contributed by atoms with E-state index in [1.807, 2.05) is 0 Å². The van der Waals surface area contributed by atoms with Crippen LogP contribution in [0.4, 0.5) is 0 Å². The van der Waals surface area contributed by atoms with Gasteiger partial charge in [-0.25, -0.2) is 0 Å². The molecule has 0 spiro atoms. The average molecular weight is 177 g/mol. The summed E-state index contributed by atoms with van der Waals surface area (Å²) >= 11 is 0. The lowest BCUT2D eigenvalue weighted by Gasteiger charge is -2.11. The van der Waals surface area contributed by atoms with Crippen LogP contribution in [0.25, 0.3) is 0 Å². The normalized spacial score (nSPS) is 8.77. The number of nitrogens with one attached hydrogen (secondary N) is 1. The Balaban J connectivity index is 2.54. The van der Waals surface area contributed by atoms with E-state index in [9.17, 15) is 4.79 Å². The van der Waals surface area contributed by atoms with Crippen LogP contribution in [0.2, 0.25) is 0 Å². The summed E-state index contributed by atoms with van der Waals surface area (Å²) in [6.45, 7) is 2.17. The molecular weight excluding hydrogens is 166 g/mol. The maximum atomic E-state index is 11.2. The third-order valence-electron chi connectivity index (χ3n) is 1.55. The van der Waals surface area contributed by atoms with Crippen LogP contribution in [0.15, 0.2) is 12.4 Å². The monoisotopic (exact) mass is 177 g/mol. The molecule has 1 aromatic rings. The van der Waals surface area contributed by atoms with Crippen LogP contribution in [0.5, 0.6) is 0 Å². The van der Waals surface area contributed by atoms with Crippen molar-refractivity contribution in [2.24, 2.45) is 0 Å². The van der Waals surface area contributed by atoms with Gasteiger partial charge in [-0.05, 0) is 12.8 Å². The van der Waals surface area contributed by atoms with Crippen molar-refractivity contribution < 1.29 is 4.79 Å². The van der Waals surface area contributed by atoms with Gasteiger partial charge in [-0.1, -0.05) is 5.92 Å². The lowest BCUT2D eigenvalue weighted by atomic mass is 10.3. The third-order valence-corrected chi connectivity index (χ3v) is 1.55. The summed E-state index contributed by atoms with van der Waals surface area (Å²) in [7, 11) is 1.71. The number of hydrogen-bond donors (Lipinski definition) is 1. The van der Waals surface area contributed by atoms with Crippen molar-refractivity contribution in [2.45, 2.75) is 13.5 Å². The van der Waals surface area contributed by atoms with E-state index in [2.05, 4.69) is 22.0 Å². The van der Waals surface area contributed by atoms with E-state index in [0.29, 0.717) is 6.54 Å². The number of carbonyl (C=O) groups is 1. The third kappa shape index (κ3) is 2.64. The van der Waals surface area contributed by atoms with Gasteiger partial charge >= 0.3 is 0 Å². The quantitative estimate of drug-likeness (QED) is 0.664. The fourth-order valence-electron chi connectivity index (χ4n) is 0.912. The van der Waals surface area contributed by atoms with Crippen LogP contribution < -0.4 is 0 Å². The summed E-state index contributed by atoms with van der Waals surface area (Å²) < 4.78 is 0. The molecule has 0 atom stereocenters. The van der Waals surface area contributed by atoms with Gasteiger partial charge in [-0.3, -0.25) is 9.89 Å². The SMILES string of the molecule is CC#CC(=O)N(C)Cc1cn[nH]c1. The Kier molecular flexibility index (Phi) is 3.09. The van der Waals surface area contributed by atoms with Gasteiger partial charge in [0.05, 0.1) is 6.20 Å². The molecule has 0 bridgehead atoms. The summed E-state index contributed by atoms with van der Waals surface area (Å²) in [5.74, 6) is 4.85. The first-order valence-electron chi connectivity index (χ1n) is 3.89. The van der Waals surface area contributed by atoms with Crippen molar-refractivity contribution in [2.75, 3.05) is 7.05 Å². The minimum absolute atomic E-state index is 0.177. The molecule has 0 radical (unpaired) electrons. The van der Waals surface area contributed by atoms with Crippen molar-refractivity contribution in [3.8, 4) is 11.8 Å². The molecule has 4 nitrogen and oxygen atoms in total. The molecule has 0 saturated carbocycles. The molecule has 0 aliphatic carbocycles. The number of aromatic amines is 1. The first kappa shape index (κ1) is 9.33.